The first-order valence-electron chi connectivity index (χ1n) is 4.95. The highest BCUT2D eigenvalue weighted by Gasteiger charge is 2.57. The van der Waals surface area contributed by atoms with Gasteiger partial charge in [0.25, 0.3) is 0 Å². The molecule has 0 aromatic carbocycles. The molecule has 0 heterocycles. The van der Waals surface area contributed by atoms with Crippen molar-refractivity contribution < 1.29 is 26.7 Å². The van der Waals surface area contributed by atoms with E-state index in [9.17, 15) is 22.0 Å². The van der Waals surface area contributed by atoms with Gasteiger partial charge in [0.2, 0.25) is 0 Å². The van der Waals surface area contributed by atoms with Gasteiger partial charge in [0.05, 0.1) is 6.10 Å². The average Bonchev–Trinajstić information content (AvgIpc) is 2.13. The summed E-state index contributed by atoms with van der Waals surface area (Å²) in [6, 6.07) is 0. The highest BCUT2D eigenvalue weighted by atomic mass is 19.4. The van der Waals surface area contributed by atoms with E-state index in [2.05, 4.69) is 10.1 Å². The SMILES string of the molecule is CCCC(CNC)OCC(F)(F)C(F)(F)F. The van der Waals surface area contributed by atoms with Gasteiger partial charge in [-0.15, -0.1) is 0 Å². The Labute approximate surface area is 91.1 Å². The van der Waals surface area contributed by atoms with Crippen molar-refractivity contribution in [3.05, 3.63) is 0 Å². The van der Waals surface area contributed by atoms with E-state index in [0.717, 1.165) is 0 Å². The van der Waals surface area contributed by atoms with Gasteiger partial charge in [-0.3, -0.25) is 0 Å². The summed E-state index contributed by atoms with van der Waals surface area (Å²) in [5, 5.41) is 2.68. The maximum atomic E-state index is 12.5. The van der Waals surface area contributed by atoms with Crippen molar-refractivity contribution in [2.24, 2.45) is 0 Å². The molecule has 98 valence electrons. The van der Waals surface area contributed by atoms with Crippen LogP contribution in [0.2, 0.25) is 0 Å². The zero-order valence-corrected chi connectivity index (χ0v) is 9.20. The van der Waals surface area contributed by atoms with E-state index in [4.69, 9.17) is 0 Å². The molecule has 0 aliphatic rings. The molecule has 0 aromatic rings. The Balaban J connectivity index is 4.18. The van der Waals surface area contributed by atoms with Crippen LogP contribution in [0.1, 0.15) is 19.8 Å². The molecule has 0 aliphatic heterocycles. The fourth-order valence-corrected chi connectivity index (χ4v) is 1.10. The van der Waals surface area contributed by atoms with Crippen LogP contribution in [0.15, 0.2) is 0 Å². The van der Waals surface area contributed by atoms with Crippen LogP contribution in [0.5, 0.6) is 0 Å². The van der Waals surface area contributed by atoms with Gasteiger partial charge in [-0.25, -0.2) is 0 Å². The third kappa shape index (κ3) is 5.07. The quantitative estimate of drug-likeness (QED) is 0.700. The number of likely N-dealkylation sites (N-methyl/N-ethyl adjacent to an activating group) is 1. The lowest BCUT2D eigenvalue weighted by Gasteiger charge is -2.23. The Hall–Kier alpha value is -0.430. The summed E-state index contributed by atoms with van der Waals surface area (Å²) < 4.78 is 65.0. The Kier molecular flexibility index (Phi) is 6.17. The number of hydrogen-bond acceptors (Lipinski definition) is 2. The monoisotopic (exact) mass is 249 g/mol. The number of halogens is 5. The van der Waals surface area contributed by atoms with Crippen LogP contribution in [0, 0.1) is 0 Å². The number of rotatable bonds is 7. The molecule has 1 atom stereocenters. The third-order valence-corrected chi connectivity index (χ3v) is 1.96. The first-order chi connectivity index (χ1) is 7.24. The highest BCUT2D eigenvalue weighted by molar-refractivity contribution is 4.76. The number of alkyl halides is 5. The molecule has 0 aromatic heterocycles. The molecule has 1 N–H and O–H groups in total. The minimum atomic E-state index is -5.55. The fraction of sp³-hybridized carbons (Fsp3) is 1.00. The lowest BCUT2D eigenvalue weighted by Crippen LogP contribution is -2.42. The summed E-state index contributed by atoms with van der Waals surface area (Å²) in [7, 11) is 1.58. The summed E-state index contributed by atoms with van der Waals surface area (Å²) >= 11 is 0. The maximum Gasteiger partial charge on any atom is 0.455 e. The van der Waals surface area contributed by atoms with Crippen LogP contribution in [-0.4, -0.2) is 38.4 Å². The topological polar surface area (TPSA) is 21.3 Å². The minimum absolute atomic E-state index is 0.252. The minimum Gasteiger partial charge on any atom is -0.370 e. The zero-order valence-electron chi connectivity index (χ0n) is 9.20. The predicted molar refractivity (Wildman–Crippen MR) is 49.6 cm³/mol. The van der Waals surface area contributed by atoms with E-state index in [0.29, 0.717) is 12.8 Å². The average molecular weight is 249 g/mol. The van der Waals surface area contributed by atoms with Gasteiger partial charge in [0.1, 0.15) is 6.61 Å². The summed E-state index contributed by atoms with van der Waals surface area (Å²) in [6.45, 7) is 0.429. The van der Waals surface area contributed by atoms with E-state index in [1.807, 2.05) is 0 Å². The van der Waals surface area contributed by atoms with Crippen LogP contribution in [0.4, 0.5) is 22.0 Å². The van der Waals surface area contributed by atoms with Crippen LogP contribution in [-0.2, 0) is 4.74 Å². The summed E-state index contributed by atoms with van der Waals surface area (Å²) in [5.41, 5.74) is 0. The molecular formula is C9H16F5NO. The summed E-state index contributed by atoms with van der Waals surface area (Å²) in [5.74, 6) is -4.78. The second-order valence-corrected chi connectivity index (χ2v) is 3.48. The molecule has 7 heteroatoms. The van der Waals surface area contributed by atoms with E-state index in [1.54, 1.807) is 14.0 Å². The van der Waals surface area contributed by atoms with Crippen molar-refractivity contribution in [2.75, 3.05) is 20.2 Å². The predicted octanol–water partition coefficient (Wildman–Crippen LogP) is 2.59. The van der Waals surface area contributed by atoms with E-state index in [1.165, 1.54) is 0 Å². The number of ether oxygens (including phenoxy) is 1. The van der Waals surface area contributed by atoms with Gasteiger partial charge >= 0.3 is 12.1 Å². The molecule has 0 saturated heterocycles. The normalized spacial score (nSPS) is 15.2. The summed E-state index contributed by atoms with van der Waals surface area (Å²) in [6.07, 6.45) is -5.08. The van der Waals surface area contributed by atoms with E-state index in [-0.39, 0.29) is 6.54 Å². The molecular weight excluding hydrogens is 233 g/mol. The second-order valence-electron chi connectivity index (χ2n) is 3.48. The van der Waals surface area contributed by atoms with Gasteiger partial charge < -0.3 is 10.1 Å². The number of hydrogen-bond donors (Lipinski definition) is 1. The molecule has 0 aliphatic carbocycles. The zero-order chi connectivity index (χ0) is 12.8. The first kappa shape index (κ1) is 15.6. The van der Waals surface area contributed by atoms with Gasteiger partial charge in [0.15, 0.2) is 0 Å². The smallest absolute Gasteiger partial charge is 0.370 e. The Bertz CT molecular complexity index is 189. The van der Waals surface area contributed by atoms with Crippen molar-refractivity contribution in [3.63, 3.8) is 0 Å². The fourth-order valence-electron chi connectivity index (χ4n) is 1.10. The van der Waals surface area contributed by atoms with Crippen molar-refractivity contribution in [1.82, 2.24) is 5.32 Å². The molecule has 0 saturated carbocycles. The van der Waals surface area contributed by atoms with Gasteiger partial charge in [-0.2, -0.15) is 22.0 Å². The second kappa shape index (κ2) is 6.34. The third-order valence-electron chi connectivity index (χ3n) is 1.96. The van der Waals surface area contributed by atoms with Crippen LogP contribution in [0.3, 0.4) is 0 Å². The Morgan fingerprint density at radius 1 is 1.19 bits per heavy atom. The molecule has 0 spiro atoms. The van der Waals surface area contributed by atoms with Crippen molar-refractivity contribution in [2.45, 2.75) is 38.0 Å². The molecule has 0 fully saturated rings. The highest BCUT2D eigenvalue weighted by Crippen LogP contribution is 2.35. The molecule has 0 amide bonds. The van der Waals surface area contributed by atoms with Crippen LogP contribution >= 0.6 is 0 Å². The molecule has 0 radical (unpaired) electrons. The van der Waals surface area contributed by atoms with Crippen molar-refractivity contribution >= 4 is 0 Å². The Morgan fingerprint density at radius 3 is 2.12 bits per heavy atom. The van der Waals surface area contributed by atoms with E-state index < -0.39 is 24.8 Å². The largest absolute Gasteiger partial charge is 0.455 e. The van der Waals surface area contributed by atoms with Crippen LogP contribution in [0.25, 0.3) is 0 Å². The standard InChI is InChI=1S/C9H16F5NO/c1-3-4-7(5-15-2)16-6-8(10,11)9(12,13)14/h7,15H,3-6H2,1-2H3. The van der Waals surface area contributed by atoms with Gasteiger partial charge in [0, 0.05) is 6.54 Å². The van der Waals surface area contributed by atoms with Gasteiger partial charge in [-0.05, 0) is 13.5 Å². The molecule has 0 bridgehead atoms. The first-order valence-corrected chi connectivity index (χ1v) is 4.95. The lowest BCUT2D eigenvalue weighted by atomic mass is 10.2. The molecule has 1 unspecified atom stereocenters. The van der Waals surface area contributed by atoms with Crippen molar-refractivity contribution in [3.8, 4) is 0 Å². The molecule has 0 rings (SSSR count). The maximum absolute atomic E-state index is 12.5. The molecule has 2 nitrogen and oxygen atoms in total. The van der Waals surface area contributed by atoms with Crippen molar-refractivity contribution in [1.29, 1.82) is 0 Å². The van der Waals surface area contributed by atoms with E-state index >= 15 is 0 Å². The lowest BCUT2D eigenvalue weighted by molar-refractivity contribution is -0.299. The Morgan fingerprint density at radius 2 is 1.75 bits per heavy atom. The van der Waals surface area contributed by atoms with Gasteiger partial charge in [-0.1, -0.05) is 13.3 Å². The number of nitrogens with one attached hydrogen (secondary N) is 1. The molecule has 16 heavy (non-hydrogen) atoms. The summed E-state index contributed by atoms with van der Waals surface area (Å²) in [4.78, 5) is 0. The van der Waals surface area contributed by atoms with Crippen LogP contribution < -0.4 is 5.32 Å².